The largest absolute Gasteiger partial charge is 0.385 e. The maximum atomic E-state index is 6.40. The standard InChI is InChI=1S/C22H20Cl2N4O2S/c1-29-12-4-11-28-21(18-5-2-3-6-19(18)24)25-26-22(28)31-14-17-13-20(27-30-17)15-7-9-16(23)10-8-15/h2-3,5-10,13H,4,11-12,14H2,1H3. The van der Waals surface area contributed by atoms with E-state index in [4.69, 9.17) is 32.5 Å². The van der Waals surface area contributed by atoms with Gasteiger partial charge >= 0.3 is 0 Å². The van der Waals surface area contributed by atoms with E-state index in [-0.39, 0.29) is 0 Å². The van der Waals surface area contributed by atoms with Crippen molar-refractivity contribution < 1.29 is 9.26 Å². The first-order chi connectivity index (χ1) is 15.2. The molecule has 0 atom stereocenters. The molecule has 2 aromatic heterocycles. The molecule has 0 radical (unpaired) electrons. The molecule has 0 saturated carbocycles. The van der Waals surface area contributed by atoms with Crippen LogP contribution in [-0.4, -0.2) is 33.6 Å². The fourth-order valence-electron chi connectivity index (χ4n) is 3.08. The second-order valence-electron chi connectivity index (χ2n) is 6.76. The van der Waals surface area contributed by atoms with Crippen molar-refractivity contribution in [3.63, 3.8) is 0 Å². The molecule has 160 valence electrons. The van der Waals surface area contributed by atoms with Crippen molar-refractivity contribution in [2.75, 3.05) is 13.7 Å². The molecule has 0 amide bonds. The highest BCUT2D eigenvalue weighted by molar-refractivity contribution is 7.98. The average Bonchev–Trinajstić information content (AvgIpc) is 3.41. The summed E-state index contributed by atoms with van der Waals surface area (Å²) in [5.41, 5.74) is 2.57. The number of thioether (sulfide) groups is 1. The molecular formula is C22H20Cl2N4O2S. The van der Waals surface area contributed by atoms with Crippen molar-refractivity contribution in [2.24, 2.45) is 0 Å². The van der Waals surface area contributed by atoms with Gasteiger partial charge in [0.25, 0.3) is 0 Å². The maximum absolute atomic E-state index is 6.40. The lowest BCUT2D eigenvalue weighted by Gasteiger charge is -2.10. The van der Waals surface area contributed by atoms with Gasteiger partial charge in [-0.2, -0.15) is 0 Å². The van der Waals surface area contributed by atoms with Crippen molar-refractivity contribution in [2.45, 2.75) is 23.9 Å². The molecule has 0 fully saturated rings. The third kappa shape index (κ3) is 5.30. The summed E-state index contributed by atoms with van der Waals surface area (Å²) in [6.45, 7) is 1.37. The van der Waals surface area contributed by atoms with Crippen LogP contribution in [0.2, 0.25) is 10.0 Å². The van der Waals surface area contributed by atoms with Gasteiger partial charge in [-0.05, 0) is 30.7 Å². The van der Waals surface area contributed by atoms with Crippen LogP contribution in [0.25, 0.3) is 22.6 Å². The summed E-state index contributed by atoms with van der Waals surface area (Å²) >= 11 is 13.9. The molecular weight excluding hydrogens is 455 g/mol. The van der Waals surface area contributed by atoms with Crippen molar-refractivity contribution in [3.05, 3.63) is 70.4 Å². The molecule has 4 rings (SSSR count). The fraction of sp³-hybridized carbons (Fsp3) is 0.227. The summed E-state index contributed by atoms with van der Waals surface area (Å²) in [5.74, 6) is 2.07. The van der Waals surface area contributed by atoms with E-state index < -0.39 is 0 Å². The quantitative estimate of drug-likeness (QED) is 0.211. The first-order valence-electron chi connectivity index (χ1n) is 9.67. The Morgan fingerprint density at radius 1 is 1.06 bits per heavy atom. The number of benzene rings is 2. The minimum Gasteiger partial charge on any atom is -0.385 e. The van der Waals surface area contributed by atoms with Crippen molar-refractivity contribution >= 4 is 35.0 Å². The minimum atomic E-state index is 0.575. The molecule has 0 bridgehead atoms. The summed E-state index contributed by atoms with van der Waals surface area (Å²) < 4.78 is 12.8. The van der Waals surface area contributed by atoms with Gasteiger partial charge in [0.05, 0.1) is 10.8 Å². The number of aromatic nitrogens is 4. The third-order valence-corrected chi connectivity index (χ3v) is 6.17. The lowest BCUT2D eigenvalue weighted by Crippen LogP contribution is -2.05. The average molecular weight is 475 g/mol. The van der Waals surface area contributed by atoms with E-state index >= 15 is 0 Å². The number of nitrogens with zero attached hydrogens (tertiary/aromatic N) is 4. The molecule has 0 unspecified atom stereocenters. The summed E-state index contributed by atoms with van der Waals surface area (Å²) in [7, 11) is 1.69. The van der Waals surface area contributed by atoms with Gasteiger partial charge in [0.2, 0.25) is 0 Å². The number of rotatable bonds is 9. The van der Waals surface area contributed by atoms with Gasteiger partial charge in [-0.15, -0.1) is 10.2 Å². The predicted molar refractivity (Wildman–Crippen MR) is 123 cm³/mol. The third-order valence-electron chi connectivity index (χ3n) is 4.60. The highest BCUT2D eigenvalue weighted by atomic mass is 35.5. The number of methoxy groups -OCH3 is 1. The van der Waals surface area contributed by atoms with Crippen LogP contribution >= 0.6 is 35.0 Å². The molecule has 0 N–H and O–H groups in total. The Morgan fingerprint density at radius 2 is 1.87 bits per heavy atom. The smallest absolute Gasteiger partial charge is 0.191 e. The molecule has 0 spiro atoms. The Labute approximate surface area is 194 Å². The zero-order chi connectivity index (χ0) is 21.6. The summed E-state index contributed by atoms with van der Waals surface area (Å²) in [5, 5.41) is 15.1. The van der Waals surface area contributed by atoms with Gasteiger partial charge in [-0.25, -0.2) is 0 Å². The normalized spacial score (nSPS) is 11.2. The SMILES string of the molecule is COCCCn1c(SCc2cc(-c3ccc(Cl)cc3)no2)nnc1-c1ccccc1Cl. The van der Waals surface area contributed by atoms with Gasteiger partial charge in [-0.1, -0.05) is 64.4 Å². The van der Waals surface area contributed by atoms with E-state index in [1.165, 1.54) is 0 Å². The molecule has 4 aromatic rings. The Hall–Kier alpha value is -2.32. The number of hydrogen-bond acceptors (Lipinski definition) is 6. The van der Waals surface area contributed by atoms with Gasteiger partial charge in [0, 0.05) is 42.5 Å². The van der Waals surface area contributed by atoms with E-state index in [1.54, 1.807) is 18.9 Å². The molecule has 0 aliphatic rings. The Balaban J connectivity index is 1.53. The molecule has 31 heavy (non-hydrogen) atoms. The van der Waals surface area contributed by atoms with Gasteiger partial charge in [-0.3, -0.25) is 0 Å². The highest BCUT2D eigenvalue weighted by Gasteiger charge is 2.17. The Bertz CT molecular complexity index is 1140. The molecule has 6 nitrogen and oxygen atoms in total. The van der Waals surface area contributed by atoms with E-state index in [0.29, 0.717) is 22.4 Å². The van der Waals surface area contributed by atoms with Crippen LogP contribution in [0.1, 0.15) is 12.2 Å². The van der Waals surface area contributed by atoms with Gasteiger partial charge in [0.1, 0.15) is 11.5 Å². The first-order valence-corrected chi connectivity index (χ1v) is 11.4. The number of halogens is 2. The second-order valence-corrected chi connectivity index (χ2v) is 8.54. The van der Waals surface area contributed by atoms with Crippen LogP contribution in [0.5, 0.6) is 0 Å². The summed E-state index contributed by atoms with van der Waals surface area (Å²) in [4.78, 5) is 0. The summed E-state index contributed by atoms with van der Waals surface area (Å²) in [6.07, 6.45) is 0.836. The monoisotopic (exact) mass is 474 g/mol. The summed E-state index contributed by atoms with van der Waals surface area (Å²) in [6, 6.07) is 17.1. The van der Waals surface area contributed by atoms with Crippen LogP contribution in [0, 0.1) is 0 Å². The van der Waals surface area contributed by atoms with Crippen molar-refractivity contribution in [1.29, 1.82) is 0 Å². The van der Waals surface area contributed by atoms with Gasteiger partial charge in [0.15, 0.2) is 11.0 Å². The second kappa shape index (κ2) is 10.3. The topological polar surface area (TPSA) is 66.0 Å². The lowest BCUT2D eigenvalue weighted by molar-refractivity contribution is 0.189. The fourth-order valence-corrected chi connectivity index (χ4v) is 4.27. The van der Waals surface area contributed by atoms with Crippen LogP contribution in [0.3, 0.4) is 0 Å². The van der Waals surface area contributed by atoms with Crippen molar-refractivity contribution in [3.8, 4) is 22.6 Å². The lowest BCUT2D eigenvalue weighted by atomic mass is 10.1. The molecule has 0 aliphatic carbocycles. The van der Waals surface area contributed by atoms with E-state index in [9.17, 15) is 0 Å². The molecule has 2 heterocycles. The van der Waals surface area contributed by atoms with Gasteiger partial charge < -0.3 is 13.8 Å². The molecule has 9 heteroatoms. The minimum absolute atomic E-state index is 0.575. The molecule has 0 saturated heterocycles. The van der Waals surface area contributed by atoms with Crippen molar-refractivity contribution in [1.82, 2.24) is 19.9 Å². The number of hydrogen-bond donors (Lipinski definition) is 0. The van der Waals surface area contributed by atoms with Crippen LogP contribution in [0.15, 0.2) is 64.3 Å². The molecule has 0 aliphatic heterocycles. The van der Waals surface area contributed by atoms with Crippen LogP contribution in [-0.2, 0) is 17.0 Å². The zero-order valence-corrected chi connectivity index (χ0v) is 19.1. The predicted octanol–water partition coefficient (Wildman–Crippen LogP) is 6.24. The Kier molecular flexibility index (Phi) is 7.29. The van der Waals surface area contributed by atoms with E-state index in [0.717, 1.165) is 46.5 Å². The van der Waals surface area contributed by atoms with E-state index in [2.05, 4.69) is 19.9 Å². The van der Waals surface area contributed by atoms with E-state index in [1.807, 2.05) is 54.6 Å². The Morgan fingerprint density at radius 3 is 2.65 bits per heavy atom. The first kappa shape index (κ1) is 21.9. The zero-order valence-electron chi connectivity index (χ0n) is 16.8. The van der Waals surface area contributed by atoms with Crippen LogP contribution < -0.4 is 0 Å². The number of ether oxygens (including phenoxy) is 1. The van der Waals surface area contributed by atoms with Crippen LogP contribution in [0.4, 0.5) is 0 Å². The molecule has 2 aromatic carbocycles. The highest BCUT2D eigenvalue weighted by Crippen LogP contribution is 2.31. The maximum Gasteiger partial charge on any atom is 0.191 e.